The number of ether oxygens (including phenoxy) is 1. The quantitative estimate of drug-likeness (QED) is 0.910. The highest BCUT2D eigenvalue weighted by Gasteiger charge is 2.25. The molecule has 2 aromatic rings. The molecule has 1 N–H and O–H groups in total. The first-order valence-electron chi connectivity index (χ1n) is 6.62. The van der Waals surface area contributed by atoms with Crippen LogP contribution in [0.25, 0.3) is 0 Å². The summed E-state index contributed by atoms with van der Waals surface area (Å²) in [5.41, 5.74) is 2.34. The molecule has 102 valence electrons. The number of amides is 1. The lowest BCUT2D eigenvalue weighted by atomic mass is 10.1. The number of rotatable bonds is 2. The van der Waals surface area contributed by atoms with Gasteiger partial charge in [-0.2, -0.15) is 0 Å². The predicted molar refractivity (Wildman–Crippen MR) is 79.6 cm³/mol. The summed E-state index contributed by atoms with van der Waals surface area (Å²) in [5.74, 6) is 0.750. The molecule has 3 rings (SSSR count). The molecule has 0 bridgehead atoms. The van der Waals surface area contributed by atoms with Gasteiger partial charge in [0, 0.05) is 12.7 Å². The van der Waals surface area contributed by atoms with Crippen LogP contribution in [-0.4, -0.2) is 26.1 Å². The Kier molecular flexibility index (Phi) is 3.29. The van der Waals surface area contributed by atoms with E-state index in [1.165, 1.54) is 0 Å². The summed E-state index contributed by atoms with van der Waals surface area (Å²) in [6.07, 6.45) is 0. The number of hydrogen-bond donors (Lipinski definition) is 1. The Bertz CT molecular complexity index is 640. The first kappa shape index (κ1) is 12.5. The number of fused-ring (bicyclic) bond motifs is 1. The van der Waals surface area contributed by atoms with Crippen LogP contribution in [0.4, 0.5) is 11.4 Å². The molecule has 0 saturated carbocycles. The summed E-state index contributed by atoms with van der Waals surface area (Å²) in [6, 6.07) is 15.2. The average molecular weight is 268 g/mol. The highest BCUT2D eigenvalue weighted by atomic mass is 16.5. The van der Waals surface area contributed by atoms with Gasteiger partial charge in [0.25, 0.3) is 5.91 Å². The van der Waals surface area contributed by atoms with E-state index in [9.17, 15) is 4.79 Å². The molecule has 4 heteroatoms. The van der Waals surface area contributed by atoms with E-state index in [0.717, 1.165) is 17.1 Å². The van der Waals surface area contributed by atoms with Gasteiger partial charge in [-0.15, -0.1) is 0 Å². The van der Waals surface area contributed by atoms with E-state index in [1.54, 1.807) is 4.90 Å². The van der Waals surface area contributed by atoms with Gasteiger partial charge in [-0.3, -0.25) is 4.79 Å². The Labute approximate surface area is 118 Å². The van der Waals surface area contributed by atoms with Gasteiger partial charge < -0.3 is 15.0 Å². The Morgan fingerprint density at radius 2 is 1.90 bits per heavy atom. The van der Waals surface area contributed by atoms with E-state index >= 15 is 0 Å². The third-order valence-electron chi connectivity index (χ3n) is 3.40. The molecular weight excluding hydrogens is 252 g/mol. The molecule has 0 atom stereocenters. The van der Waals surface area contributed by atoms with Gasteiger partial charge in [0.1, 0.15) is 12.4 Å². The Morgan fingerprint density at radius 1 is 1.15 bits per heavy atom. The van der Waals surface area contributed by atoms with Crippen molar-refractivity contribution in [2.75, 3.05) is 30.4 Å². The topological polar surface area (TPSA) is 41.6 Å². The van der Waals surface area contributed by atoms with Gasteiger partial charge in [0.2, 0.25) is 0 Å². The lowest BCUT2D eigenvalue weighted by Gasteiger charge is -2.30. The van der Waals surface area contributed by atoms with Crippen LogP contribution in [0.15, 0.2) is 48.5 Å². The fraction of sp³-hybridized carbons (Fsp3) is 0.188. The van der Waals surface area contributed by atoms with Gasteiger partial charge >= 0.3 is 0 Å². The second kappa shape index (κ2) is 5.25. The Balaban J connectivity index is 2.00. The highest BCUT2D eigenvalue weighted by molar-refractivity contribution is 6.10. The zero-order chi connectivity index (χ0) is 13.9. The number of benzene rings is 2. The van der Waals surface area contributed by atoms with E-state index in [4.69, 9.17) is 4.74 Å². The number of nitrogens with one attached hydrogen (secondary N) is 1. The fourth-order valence-electron chi connectivity index (χ4n) is 2.41. The van der Waals surface area contributed by atoms with Gasteiger partial charge in [-0.05, 0) is 24.3 Å². The largest absolute Gasteiger partial charge is 0.490 e. The van der Waals surface area contributed by atoms with E-state index in [2.05, 4.69) is 5.32 Å². The minimum absolute atomic E-state index is 0.00861. The molecule has 0 radical (unpaired) electrons. The van der Waals surface area contributed by atoms with Gasteiger partial charge in [0.15, 0.2) is 0 Å². The molecule has 0 spiro atoms. The maximum atomic E-state index is 12.8. The molecule has 4 nitrogen and oxygen atoms in total. The lowest BCUT2D eigenvalue weighted by Crippen LogP contribution is -2.38. The van der Waals surface area contributed by atoms with Crippen molar-refractivity contribution in [2.45, 2.75) is 0 Å². The maximum absolute atomic E-state index is 12.8. The maximum Gasteiger partial charge on any atom is 0.260 e. The molecule has 2 aromatic carbocycles. The summed E-state index contributed by atoms with van der Waals surface area (Å²) >= 11 is 0. The number of nitrogens with zero attached hydrogens (tertiary/aromatic N) is 1. The Morgan fingerprint density at radius 3 is 2.75 bits per heavy atom. The van der Waals surface area contributed by atoms with Crippen molar-refractivity contribution in [2.24, 2.45) is 0 Å². The highest BCUT2D eigenvalue weighted by Crippen LogP contribution is 2.32. The third-order valence-corrected chi connectivity index (χ3v) is 3.40. The van der Waals surface area contributed by atoms with Crippen molar-refractivity contribution in [3.8, 4) is 5.75 Å². The smallest absolute Gasteiger partial charge is 0.260 e. The van der Waals surface area contributed by atoms with E-state index in [1.807, 2.05) is 55.6 Å². The van der Waals surface area contributed by atoms with Gasteiger partial charge in [-0.25, -0.2) is 0 Å². The van der Waals surface area contributed by atoms with Crippen LogP contribution in [0.3, 0.4) is 0 Å². The Hall–Kier alpha value is -2.49. The van der Waals surface area contributed by atoms with E-state index in [0.29, 0.717) is 18.7 Å². The van der Waals surface area contributed by atoms with Crippen molar-refractivity contribution in [1.29, 1.82) is 0 Å². The molecule has 1 aliphatic heterocycles. The van der Waals surface area contributed by atoms with Gasteiger partial charge in [0.05, 0.1) is 17.8 Å². The molecule has 1 amide bonds. The first-order valence-corrected chi connectivity index (χ1v) is 6.62. The molecule has 0 aliphatic carbocycles. The lowest BCUT2D eigenvalue weighted by molar-refractivity contribution is 0.0977. The van der Waals surface area contributed by atoms with Crippen LogP contribution in [0.2, 0.25) is 0 Å². The summed E-state index contributed by atoms with van der Waals surface area (Å²) in [5, 5.41) is 3.06. The van der Waals surface area contributed by atoms with Crippen LogP contribution in [0.1, 0.15) is 10.4 Å². The number of hydrogen-bond acceptors (Lipinski definition) is 3. The number of para-hydroxylation sites is 3. The molecule has 0 saturated heterocycles. The van der Waals surface area contributed by atoms with Crippen molar-refractivity contribution in [3.63, 3.8) is 0 Å². The normalized spacial score (nSPS) is 13.3. The zero-order valence-electron chi connectivity index (χ0n) is 11.3. The van der Waals surface area contributed by atoms with Crippen molar-refractivity contribution in [3.05, 3.63) is 54.1 Å². The van der Waals surface area contributed by atoms with E-state index < -0.39 is 0 Å². The van der Waals surface area contributed by atoms with Crippen LogP contribution in [0.5, 0.6) is 5.75 Å². The minimum atomic E-state index is -0.00861. The van der Waals surface area contributed by atoms with Crippen LogP contribution >= 0.6 is 0 Å². The van der Waals surface area contributed by atoms with Crippen molar-refractivity contribution < 1.29 is 9.53 Å². The van der Waals surface area contributed by atoms with E-state index in [-0.39, 0.29) is 5.91 Å². The third kappa shape index (κ3) is 2.09. The van der Waals surface area contributed by atoms with Gasteiger partial charge in [-0.1, -0.05) is 24.3 Å². The fourth-order valence-corrected chi connectivity index (χ4v) is 2.41. The predicted octanol–water partition coefficient (Wildman–Crippen LogP) is 2.77. The molecule has 0 fully saturated rings. The monoisotopic (exact) mass is 268 g/mol. The molecule has 0 aromatic heterocycles. The SMILES string of the molecule is CNc1ccccc1C(=O)N1CCOc2ccccc21. The number of carbonyl (C=O) groups is 1. The molecular formula is C16H16N2O2. The molecule has 0 unspecified atom stereocenters. The van der Waals surface area contributed by atoms with Crippen LogP contribution < -0.4 is 15.0 Å². The van der Waals surface area contributed by atoms with Crippen molar-refractivity contribution in [1.82, 2.24) is 0 Å². The second-order valence-corrected chi connectivity index (χ2v) is 4.57. The summed E-state index contributed by atoms with van der Waals surface area (Å²) in [6.45, 7) is 1.08. The number of anilines is 2. The first-order chi connectivity index (χ1) is 9.81. The standard InChI is InChI=1S/C16H16N2O2/c1-17-13-7-3-2-6-12(13)16(19)18-10-11-20-15-9-5-4-8-14(15)18/h2-9,17H,10-11H2,1H3. The number of carbonyl (C=O) groups excluding carboxylic acids is 1. The van der Waals surface area contributed by atoms with Crippen LogP contribution in [0, 0.1) is 0 Å². The van der Waals surface area contributed by atoms with Crippen LogP contribution in [-0.2, 0) is 0 Å². The summed E-state index contributed by atoms with van der Waals surface area (Å²) < 4.78 is 5.59. The zero-order valence-corrected chi connectivity index (χ0v) is 11.3. The average Bonchev–Trinajstić information content (AvgIpc) is 2.53. The summed E-state index contributed by atoms with van der Waals surface area (Å²) in [7, 11) is 1.82. The molecule has 20 heavy (non-hydrogen) atoms. The summed E-state index contributed by atoms with van der Waals surface area (Å²) in [4.78, 5) is 14.5. The molecule has 1 heterocycles. The molecule has 1 aliphatic rings. The minimum Gasteiger partial charge on any atom is -0.490 e. The second-order valence-electron chi connectivity index (χ2n) is 4.57. The van der Waals surface area contributed by atoms with Crippen molar-refractivity contribution >= 4 is 17.3 Å².